The average molecular weight is 241 g/mol. The fraction of sp³-hybridized carbons (Fsp3) is 0. The molecule has 0 fully saturated rings. The summed E-state index contributed by atoms with van der Waals surface area (Å²) < 4.78 is 0. The molecule has 0 aliphatic rings. The maximum atomic E-state index is 0. The van der Waals surface area contributed by atoms with Crippen molar-refractivity contribution in [3.05, 3.63) is 0 Å². The standard InChI is InChI=1S/Mn.Mo.Ni.H3Si/h;;;1H3. The van der Waals surface area contributed by atoms with E-state index in [2.05, 4.69) is 0 Å². The first kappa shape index (κ1) is 38.9. The summed E-state index contributed by atoms with van der Waals surface area (Å²) in [5.41, 5.74) is 0. The summed E-state index contributed by atoms with van der Waals surface area (Å²) in [6, 6.07) is 0. The van der Waals surface area contributed by atoms with Crippen LogP contribution in [0, 0.1) is 0 Å². The van der Waals surface area contributed by atoms with Crippen molar-refractivity contribution in [3.8, 4) is 0 Å². The second kappa shape index (κ2) is 20.5. The predicted octanol–water partition coefficient (Wildman–Crippen LogP) is -1.19. The van der Waals surface area contributed by atoms with E-state index in [9.17, 15) is 0 Å². The smallest absolute Gasteiger partial charge is 0 e. The van der Waals surface area contributed by atoms with Gasteiger partial charge in [-0.15, -0.1) is 0 Å². The molecule has 0 aromatic carbocycles. The van der Waals surface area contributed by atoms with E-state index in [1.54, 1.807) is 0 Å². The first-order valence-corrected chi connectivity index (χ1v) is 0. The van der Waals surface area contributed by atoms with Gasteiger partial charge in [0.25, 0.3) is 0 Å². The molecule has 0 saturated heterocycles. The normalized spacial score (nSPS) is 0. The van der Waals surface area contributed by atoms with E-state index < -0.39 is 0 Å². The van der Waals surface area contributed by atoms with Crippen LogP contribution in [0.25, 0.3) is 0 Å². The van der Waals surface area contributed by atoms with Crippen LogP contribution in [0.4, 0.5) is 0 Å². The summed E-state index contributed by atoms with van der Waals surface area (Å²) >= 11 is 0. The van der Waals surface area contributed by atoms with Crippen molar-refractivity contribution in [1.29, 1.82) is 0 Å². The third kappa shape index (κ3) is 9.07. The Morgan fingerprint density at radius 1 is 1.00 bits per heavy atom. The molecular formula is H3MnMoNiSi. The zero-order valence-electron chi connectivity index (χ0n) is 2.10. The van der Waals surface area contributed by atoms with Gasteiger partial charge >= 0.3 is 0 Å². The Morgan fingerprint density at radius 2 is 1.00 bits per heavy atom. The number of hydrogen-bond donors (Lipinski definition) is 0. The number of hydrogen-bond acceptors (Lipinski definition) is 0. The molecule has 0 atom stereocenters. The van der Waals surface area contributed by atoms with Crippen molar-refractivity contribution in [2.45, 2.75) is 0 Å². The van der Waals surface area contributed by atoms with Gasteiger partial charge in [-0.1, -0.05) is 0 Å². The van der Waals surface area contributed by atoms with Crippen molar-refractivity contribution in [2.75, 3.05) is 0 Å². The third-order valence-electron chi connectivity index (χ3n) is 0. The first-order chi connectivity index (χ1) is 0. The molecule has 0 bridgehead atoms. The van der Waals surface area contributed by atoms with Gasteiger partial charge in [0.1, 0.15) is 0 Å². The van der Waals surface area contributed by atoms with E-state index >= 15 is 0 Å². The molecule has 0 spiro atoms. The molecule has 0 aromatic heterocycles. The Labute approximate surface area is 65.2 Å². The molecule has 0 N–H and O–H groups in total. The number of rotatable bonds is 0. The van der Waals surface area contributed by atoms with Crippen molar-refractivity contribution in [1.82, 2.24) is 0 Å². The minimum Gasteiger partial charge on any atom is -0.0125 e. The van der Waals surface area contributed by atoms with E-state index in [1.807, 2.05) is 0 Å². The Balaban J connectivity index is 0. The molecular weight excluding hydrogens is 238 g/mol. The van der Waals surface area contributed by atoms with E-state index in [0.29, 0.717) is 0 Å². The second-order valence-electron chi connectivity index (χ2n) is 0. The van der Waals surface area contributed by atoms with Crippen molar-refractivity contribution in [3.63, 3.8) is 0 Å². The second-order valence-corrected chi connectivity index (χ2v) is 0. The van der Waals surface area contributed by atoms with Crippen LogP contribution in [0.15, 0.2) is 0 Å². The van der Waals surface area contributed by atoms with Crippen LogP contribution in [-0.2, 0) is 54.6 Å². The quantitative estimate of drug-likeness (QED) is 0.467. The van der Waals surface area contributed by atoms with Crippen molar-refractivity contribution < 1.29 is 54.6 Å². The van der Waals surface area contributed by atoms with Gasteiger partial charge in [-0.25, -0.2) is 0 Å². The molecule has 0 aliphatic carbocycles. The topological polar surface area (TPSA) is 0 Å². The molecule has 0 unspecified atom stereocenters. The monoisotopic (exact) mass is 242 g/mol. The summed E-state index contributed by atoms with van der Waals surface area (Å²) in [7, 11) is 0. The van der Waals surface area contributed by atoms with Crippen LogP contribution < -0.4 is 0 Å². The molecule has 4 heavy (non-hydrogen) atoms. The Morgan fingerprint density at radius 3 is 1.00 bits per heavy atom. The SMILES string of the molecule is [Mn].[Mo].[Ni].[SiH3]. The zero-order chi connectivity index (χ0) is 0. The van der Waals surface area contributed by atoms with Crippen LogP contribution in [-0.4, -0.2) is 11.0 Å². The molecule has 30 valence electrons. The van der Waals surface area contributed by atoms with Crippen molar-refractivity contribution >= 4 is 11.0 Å². The van der Waals surface area contributed by atoms with Gasteiger partial charge in [0.2, 0.25) is 0 Å². The van der Waals surface area contributed by atoms with Gasteiger partial charge in [-0.2, -0.15) is 0 Å². The van der Waals surface area contributed by atoms with Gasteiger partial charge in [-0.3, -0.25) is 0 Å². The average Bonchev–Trinajstić information content (AvgIpc) is 0. The van der Waals surface area contributed by atoms with Crippen LogP contribution in [0.1, 0.15) is 0 Å². The molecule has 0 aromatic rings. The van der Waals surface area contributed by atoms with Gasteiger partial charge in [-0.05, 0) is 11.0 Å². The molecule has 0 aliphatic heterocycles. The maximum Gasteiger partial charge on any atom is 0 e. The largest absolute Gasteiger partial charge is 0.0125 e. The Hall–Kier alpha value is 1.92. The van der Waals surface area contributed by atoms with Gasteiger partial charge in [0.05, 0.1) is 0 Å². The summed E-state index contributed by atoms with van der Waals surface area (Å²) in [5, 5.41) is 0. The maximum absolute atomic E-state index is 0. The molecule has 0 amide bonds. The van der Waals surface area contributed by atoms with Gasteiger partial charge in [0.15, 0.2) is 0 Å². The summed E-state index contributed by atoms with van der Waals surface area (Å²) in [6.45, 7) is 0. The molecule has 0 heterocycles. The first-order valence-electron chi connectivity index (χ1n) is 0. The molecule has 0 rings (SSSR count). The van der Waals surface area contributed by atoms with E-state index in [-0.39, 0.29) is 65.6 Å². The van der Waals surface area contributed by atoms with Crippen LogP contribution in [0.5, 0.6) is 0 Å². The van der Waals surface area contributed by atoms with Gasteiger partial charge < -0.3 is 0 Å². The van der Waals surface area contributed by atoms with Gasteiger partial charge in [0, 0.05) is 54.6 Å². The zero-order valence-corrected chi connectivity index (χ0v) is 8.28. The Bertz CT molecular complexity index is 8.00. The molecule has 2 radical (unpaired) electrons. The fourth-order valence-electron chi connectivity index (χ4n) is 0. The summed E-state index contributed by atoms with van der Waals surface area (Å²) in [4.78, 5) is 0. The van der Waals surface area contributed by atoms with Crippen molar-refractivity contribution in [2.24, 2.45) is 0 Å². The van der Waals surface area contributed by atoms with Crippen LogP contribution in [0.2, 0.25) is 0 Å². The van der Waals surface area contributed by atoms with Crippen LogP contribution >= 0.6 is 0 Å². The molecule has 4 heteroatoms. The van der Waals surface area contributed by atoms with E-state index in [0.717, 1.165) is 0 Å². The minimum absolute atomic E-state index is 0. The third-order valence-corrected chi connectivity index (χ3v) is 0. The summed E-state index contributed by atoms with van der Waals surface area (Å²) in [5.74, 6) is 0. The molecule has 0 saturated carbocycles. The van der Waals surface area contributed by atoms with E-state index in [4.69, 9.17) is 0 Å². The molecule has 0 nitrogen and oxygen atoms in total. The van der Waals surface area contributed by atoms with E-state index in [1.165, 1.54) is 0 Å². The van der Waals surface area contributed by atoms with Crippen LogP contribution in [0.3, 0.4) is 0 Å². The summed E-state index contributed by atoms with van der Waals surface area (Å²) in [6.07, 6.45) is 0. The predicted molar refractivity (Wildman–Crippen MR) is 9.94 cm³/mol. The minimum atomic E-state index is 0. The fourth-order valence-corrected chi connectivity index (χ4v) is 0. The Kier molecular flexibility index (Phi) is 200.